The molecule has 16 heavy (non-hydrogen) atoms. The van der Waals surface area contributed by atoms with Crippen molar-refractivity contribution in [2.75, 3.05) is 26.2 Å². The number of hydrogen-bond donors (Lipinski definition) is 1. The van der Waals surface area contributed by atoms with E-state index >= 15 is 0 Å². The molecule has 2 heterocycles. The van der Waals surface area contributed by atoms with Gasteiger partial charge in [-0.1, -0.05) is 6.92 Å². The molecule has 2 amide bonds. The monoisotopic (exact) mass is 225 g/mol. The minimum absolute atomic E-state index is 0.222. The summed E-state index contributed by atoms with van der Waals surface area (Å²) in [5.74, 6) is 0.650. The molecule has 0 radical (unpaired) electrons. The normalized spacial score (nSPS) is 30.9. The van der Waals surface area contributed by atoms with E-state index in [0.717, 1.165) is 38.9 Å². The first-order valence-corrected chi connectivity index (χ1v) is 6.48. The Hall–Kier alpha value is -0.770. The van der Waals surface area contributed by atoms with Crippen LogP contribution in [0.3, 0.4) is 0 Å². The Kier molecular flexibility index (Phi) is 3.69. The molecule has 2 saturated heterocycles. The van der Waals surface area contributed by atoms with Crippen LogP contribution >= 0.6 is 0 Å². The van der Waals surface area contributed by atoms with Gasteiger partial charge in [0.1, 0.15) is 0 Å². The Labute approximate surface area is 97.8 Å². The number of urea groups is 1. The van der Waals surface area contributed by atoms with Crippen LogP contribution in [0.25, 0.3) is 0 Å². The van der Waals surface area contributed by atoms with Gasteiger partial charge in [0.2, 0.25) is 0 Å². The predicted molar refractivity (Wildman–Crippen MR) is 64.1 cm³/mol. The number of likely N-dealkylation sites (tertiary alicyclic amines) is 2. The number of nitrogens with two attached hydrogens (primary N) is 1. The minimum Gasteiger partial charge on any atom is -0.328 e. The number of piperidine rings is 1. The zero-order chi connectivity index (χ0) is 11.5. The van der Waals surface area contributed by atoms with Crippen LogP contribution in [-0.2, 0) is 0 Å². The Morgan fingerprint density at radius 3 is 2.75 bits per heavy atom. The van der Waals surface area contributed by atoms with E-state index in [9.17, 15) is 4.79 Å². The maximum atomic E-state index is 12.3. The molecular weight excluding hydrogens is 202 g/mol. The summed E-state index contributed by atoms with van der Waals surface area (Å²) in [6.45, 7) is 5.58. The van der Waals surface area contributed by atoms with Crippen LogP contribution in [0.15, 0.2) is 0 Å². The average molecular weight is 225 g/mol. The highest BCUT2D eigenvalue weighted by Crippen LogP contribution is 2.22. The fraction of sp³-hybridized carbons (Fsp3) is 0.917. The molecule has 4 nitrogen and oxygen atoms in total. The number of carbonyl (C=O) groups is 1. The van der Waals surface area contributed by atoms with Gasteiger partial charge in [0, 0.05) is 32.2 Å². The summed E-state index contributed by atoms with van der Waals surface area (Å²) in [5, 5.41) is 0. The summed E-state index contributed by atoms with van der Waals surface area (Å²) < 4.78 is 0. The molecule has 92 valence electrons. The summed E-state index contributed by atoms with van der Waals surface area (Å²) in [4.78, 5) is 16.3. The lowest BCUT2D eigenvalue weighted by Crippen LogP contribution is -2.50. The van der Waals surface area contributed by atoms with Crippen LogP contribution in [0.2, 0.25) is 0 Å². The smallest absolute Gasteiger partial charge is 0.320 e. The SMILES string of the molecule is CC1CCCN(C(=O)N2CCCC2CN)C1. The van der Waals surface area contributed by atoms with E-state index in [2.05, 4.69) is 6.92 Å². The van der Waals surface area contributed by atoms with E-state index in [0.29, 0.717) is 12.5 Å². The van der Waals surface area contributed by atoms with Gasteiger partial charge >= 0.3 is 6.03 Å². The van der Waals surface area contributed by atoms with Gasteiger partial charge in [-0.15, -0.1) is 0 Å². The second-order valence-corrected chi connectivity index (χ2v) is 5.20. The number of rotatable bonds is 1. The number of nitrogens with zero attached hydrogens (tertiary/aromatic N) is 2. The van der Waals surface area contributed by atoms with Crippen molar-refractivity contribution >= 4 is 6.03 Å². The van der Waals surface area contributed by atoms with E-state index in [1.54, 1.807) is 0 Å². The average Bonchev–Trinajstić information content (AvgIpc) is 2.76. The quantitative estimate of drug-likeness (QED) is 0.730. The van der Waals surface area contributed by atoms with Gasteiger partial charge in [0.25, 0.3) is 0 Å². The molecule has 2 unspecified atom stereocenters. The van der Waals surface area contributed by atoms with E-state index < -0.39 is 0 Å². The molecule has 2 fully saturated rings. The molecule has 2 aliphatic heterocycles. The molecule has 2 aliphatic rings. The molecule has 0 aromatic rings. The topological polar surface area (TPSA) is 49.6 Å². The molecule has 0 aromatic carbocycles. The summed E-state index contributed by atoms with van der Waals surface area (Å²) in [5.41, 5.74) is 5.71. The van der Waals surface area contributed by atoms with Crippen molar-refractivity contribution in [1.82, 2.24) is 9.80 Å². The lowest BCUT2D eigenvalue weighted by atomic mass is 10.0. The molecule has 2 atom stereocenters. The van der Waals surface area contributed by atoms with Crippen LogP contribution in [0, 0.1) is 5.92 Å². The highest BCUT2D eigenvalue weighted by Gasteiger charge is 2.32. The van der Waals surface area contributed by atoms with Crippen molar-refractivity contribution in [3.05, 3.63) is 0 Å². The minimum atomic E-state index is 0.222. The van der Waals surface area contributed by atoms with Gasteiger partial charge in [-0.25, -0.2) is 4.79 Å². The molecular formula is C12H23N3O. The zero-order valence-corrected chi connectivity index (χ0v) is 10.2. The zero-order valence-electron chi connectivity index (χ0n) is 10.2. The molecule has 0 aromatic heterocycles. The van der Waals surface area contributed by atoms with Crippen LogP contribution in [-0.4, -0.2) is 48.1 Å². The number of carbonyl (C=O) groups excluding carboxylic acids is 1. The maximum Gasteiger partial charge on any atom is 0.320 e. The molecule has 0 saturated carbocycles. The second-order valence-electron chi connectivity index (χ2n) is 5.20. The van der Waals surface area contributed by atoms with Gasteiger partial charge in [0.05, 0.1) is 0 Å². The van der Waals surface area contributed by atoms with E-state index in [-0.39, 0.29) is 12.1 Å². The van der Waals surface area contributed by atoms with Crippen LogP contribution in [0.5, 0.6) is 0 Å². The standard InChI is InChI=1S/C12H23N3O/c1-10-4-2-6-14(9-10)12(16)15-7-3-5-11(15)8-13/h10-11H,2-9,13H2,1H3. The predicted octanol–water partition coefficient (Wildman–Crippen LogP) is 1.26. The van der Waals surface area contributed by atoms with Gasteiger partial charge in [-0.2, -0.15) is 0 Å². The Morgan fingerprint density at radius 2 is 2.06 bits per heavy atom. The Morgan fingerprint density at radius 1 is 1.31 bits per heavy atom. The lowest BCUT2D eigenvalue weighted by molar-refractivity contribution is 0.128. The van der Waals surface area contributed by atoms with Gasteiger partial charge in [0.15, 0.2) is 0 Å². The van der Waals surface area contributed by atoms with E-state index in [1.807, 2.05) is 9.80 Å². The Bertz CT molecular complexity index is 257. The summed E-state index contributed by atoms with van der Waals surface area (Å²) in [7, 11) is 0. The van der Waals surface area contributed by atoms with Crippen molar-refractivity contribution < 1.29 is 4.79 Å². The van der Waals surface area contributed by atoms with Crippen molar-refractivity contribution in [2.45, 2.75) is 38.6 Å². The van der Waals surface area contributed by atoms with Crippen molar-refractivity contribution in [1.29, 1.82) is 0 Å². The highest BCUT2D eigenvalue weighted by atomic mass is 16.2. The summed E-state index contributed by atoms with van der Waals surface area (Å²) in [6, 6.07) is 0.504. The fourth-order valence-corrected chi connectivity index (χ4v) is 2.88. The third kappa shape index (κ3) is 2.32. The lowest BCUT2D eigenvalue weighted by Gasteiger charge is -2.35. The van der Waals surface area contributed by atoms with Crippen molar-refractivity contribution in [3.8, 4) is 0 Å². The first-order chi connectivity index (χ1) is 7.72. The van der Waals surface area contributed by atoms with E-state index in [4.69, 9.17) is 5.73 Å². The highest BCUT2D eigenvalue weighted by molar-refractivity contribution is 5.75. The largest absolute Gasteiger partial charge is 0.328 e. The molecule has 0 aliphatic carbocycles. The van der Waals surface area contributed by atoms with Crippen LogP contribution in [0.1, 0.15) is 32.6 Å². The van der Waals surface area contributed by atoms with E-state index in [1.165, 1.54) is 6.42 Å². The van der Waals surface area contributed by atoms with Gasteiger partial charge in [-0.3, -0.25) is 0 Å². The molecule has 2 rings (SSSR count). The first kappa shape index (κ1) is 11.7. The fourth-order valence-electron chi connectivity index (χ4n) is 2.88. The number of amides is 2. The molecule has 0 spiro atoms. The maximum absolute atomic E-state index is 12.3. The summed E-state index contributed by atoms with van der Waals surface area (Å²) >= 11 is 0. The second kappa shape index (κ2) is 5.04. The van der Waals surface area contributed by atoms with Gasteiger partial charge < -0.3 is 15.5 Å². The summed E-state index contributed by atoms with van der Waals surface area (Å²) in [6.07, 6.45) is 4.58. The third-order valence-electron chi connectivity index (χ3n) is 3.82. The van der Waals surface area contributed by atoms with Gasteiger partial charge in [-0.05, 0) is 31.6 Å². The van der Waals surface area contributed by atoms with Crippen molar-refractivity contribution in [3.63, 3.8) is 0 Å². The number of hydrogen-bond acceptors (Lipinski definition) is 2. The first-order valence-electron chi connectivity index (χ1n) is 6.48. The molecule has 4 heteroatoms. The Balaban J connectivity index is 1.95. The van der Waals surface area contributed by atoms with Crippen molar-refractivity contribution in [2.24, 2.45) is 11.7 Å². The van der Waals surface area contributed by atoms with Crippen LogP contribution < -0.4 is 5.73 Å². The molecule has 2 N–H and O–H groups in total. The third-order valence-corrected chi connectivity index (χ3v) is 3.82. The van der Waals surface area contributed by atoms with Crippen LogP contribution in [0.4, 0.5) is 4.79 Å². The molecule has 0 bridgehead atoms.